The standard InChI is InChI=1S/C24H24F3N5O2S/c1-4-10-32-20(13-21(33)29-19-9-8-15(2)11-16(19)3)30-31-23(32)35-14-22(34)28-18-7-5-6-17(12-18)24(25,26)27/h4-9,11-12H,1,10,13-14H2,2-3H3,(H,28,34)(H,29,33). The van der Waals surface area contributed by atoms with Crippen molar-refractivity contribution in [1.82, 2.24) is 14.8 Å². The van der Waals surface area contributed by atoms with Crippen LogP contribution in [0.25, 0.3) is 0 Å². The zero-order valence-electron chi connectivity index (χ0n) is 19.1. The van der Waals surface area contributed by atoms with Crippen LogP contribution in [0.2, 0.25) is 0 Å². The number of nitrogens with zero attached hydrogens (tertiary/aromatic N) is 3. The third-order valence-electron chi connectivity index (χ3n) is 4.89. The van der Waals surface area contributed by atoms with Crippen molar-refractivity contribution in [2.45, 2.75) is 38.1 Å². The summed E-state index contributed by atoms with van der Waals surface area (Å²) in [5, 5.41) is 13.8. The molecule has 1 heterocycles. The SMILES string of the molecule is C=CCn1c(CC(=O)Nc2ccc(C)cc2C)nnc1SCC(=O)Nc1cccc(C(F)(F)F)c1. The van der Waals surface area contributed by atoms with Crippen LogP contribution in [0.3, 0.4) is 0 Å². The number of alkyl halides is 3. The number of amides is 2. The van der Waals surface area contributed by atoms with Gasteiger partial charge in [-0.05, 0) is 43.7 Å². The molecular formula is C24H24F3N5O2S. The Morgan fingerprint density at radius 1 is 1.09 bits per heavy atom. The molecule has 1 aromatic heterocycles. The molecule has 3 aromatic rings. The van der Waals surface area contributed by atoms with Crippen LogP contribution in [0.15, 0.2) is 60.3 Å². The Hall–Kier alpha value is -3.60. The maximum atomic E-state index is 12.9. The van der Waals surface area contributed by atoms with Crippen LogP contribution < -0.4 is 10.6 Å². The molecule has 0 radical (unpaired) electrons. The summed E-state index contributed by atoms with van der Waals surface area (Å²) < 4.78 is 40.3. The molecule has 11 heteroatoms. The molecule has 0 unspecified atom stereocenters. The summed E-state index contributed by atoms with van der Waals surface area (Å²) in [4.78, 5) is 24.9. The van der Waals surface area contributed by atoms with E-state index in [1.165, 1.54) is 12.1 Å². The molecule has 0 aliphatic heterocycles. The van der Waals surface area contributed by atoms with E-state index in [-0.39, 0.29) is 23.8 Å². The second-order valence-corrected chi connectivity index (χ2v) is 8.70. The van der Waals surface area contributed by atoms with Gasteiger partial charge in [0.1, 0.15) is 5.82 Å². The molecule has 7 nitrogen and oxygen atoms in total. The molecule has 0 aliphatic rings. The molecule has 2 aromatic carbocycles. The van der Waals surface area contributed by atoms with Gasteiger partial charge in [-0.25, -0.2) is 0 Å². The van der Waals surface area contributed by atoms with Gasteiger partial charge in [-0.3, -0.25) is 9.59 Å². The zero-order chi connectivity index (χ0) is 25.6. The summed E-state index contributed by atoms with van der Waals surface area (Å²) >= 11 is 1.06. The van der Waals surface area contributed by atoms with E-state index in [2.05, 4.69) is 27.4 Å². The zero-order valence-corrected chi connectivity index (χ0v) is 20.0. The predicted molar refractivity (Wildman–Crippen MR) is 129 cm³/mol. The molecule has 3 rings (SSSR count). The number of hydrogen-bond acceptors (Lipinski definition) is 5. The molecule has 0 atom stereocenters. The minimum atomic E-state index is -4.50. The van der Waals surface area contributed by atoms with Crippen molar-refractivity contribution < 1.29 is 22.8 Å². The van der Waals surface area contributed by atoms with E-state index in [9.17, 15) is 22.8 Å². The first-order valence-corrected chi connectivity index (χ1v) is 11.6. The van der Waals surface area contributed by atoms with Gasteiger partial charge in [-0.15, -0.1) is 16.8 Å². The fourth-order valence-corrected chi connectivity index (χ4v) is 4.03. The highest BCUT2D eigenvalue weighted by Crippen LogP contribution is 2.30. The summed E-state index contributed by atoms with van der Waals surface area (Å²) in [6.07, 6.45) is -2.93. The highest BCUT2D eigenvalue weighted by atomic mass is 32.2. The smallest absolute Gasteiger partial charge is 0.325 e. The van der Waals surface area contributed by atoms with Crippen molar-refractivity contribution >= 4 is 35.0 Å². The summed E-state index contributed by atoms with van der Waals surface area (Å²) in [6.45, 7) is 7.89. The Labute approximate surface area is 204 Å². The van der Waals surface area contributed by atoms with Gasteiger partial charge in [0.2, 0.25) is 11.8 Å². The molecule has 2 amide bonds. The number of carbonyl (C=O) groups is 2. The van der Waals surface area contributed by atoms with E-state index in [1.54, 1.807) is 10.6 Å². The van der Waals surface area contributed by atoms with Crippen LogP contribution in [0.1, 0.15) is 22.5 Å². The van der Waals surface area contributed by atoms with Crippen LogP contribution in [0.5, 0.6) is 0 Å². The monoisotopic (exact) mass is 503 g/mol. The van der Waals surface area contributed by atoms with E-state index >= 15 is 0 Å². The lowest BCUT2D eigenvalue weighted by Crippen LogP contribution is -2.18. The average molecular weight is 504 g/mol. The Morgan fingerprint density at radius 3 is 2.54 bits per heavy atom. The number of carbonyl (C=O) groups excluding carboxylic acids is 2. The van der Waals surface area contributed by atoms with Gasteiger partial charge in [0.25, 0.3) is 0 Å². The van der Waals surface area contributed by atoms with Gasteiger partial charge >= 0.3 is 6.18 Å². The number of allylic oxidation sites excluding steroid dienone is 1. The van der Waals surface area contributed by atoms with Crippen LogP contribution >= 0.6 is 11.8 Å². The second-order valence-electron chi connectivity index (χ2n) is 7.76. The number of halogens is 3. The Kier molecular flexibility index (Phi) is 8.34. The van der Waals surface area contributed by atoms with Crippen molar-refractivity contribution in [3.63, 3.8) is 0 Å². The van der Waals surface area contributed by atoms with Gasteiger partial charge < -0.3 is 15.2 Å². The molecule has 0 aliphatic carbocycles. The van der Waals surface area contributed by atoms with E-state index in [4.69, 9.17) is 0 Å². The second kappa shape index (κ2) is 11.2. The number of thioether (sulfide) groups is 1. The van der Waals surface area contributed by atoms with Gasteiger partial charge in [-0.2, -0.15) is 13.2 Å². The minimum absolute atomic E-state index is 0.0366. The van der Waals surface area contributed by atoms with Gasteiger partial charge in [0.05, 0.1) is 17.7 Å². The topological polar surface area (TPSA) is 88.9 Å². The Morgan fingerprint density at radius 2 is 1.86 bits per heavy atom. The first kappa shape index (κ1) is 26.0. The molecule has 2 N–H and O–H groups in total. The molecule has 0 fully saturated rings. The fourth-order valence-electron chi connectivity index (χ4n) is 3.26. The first-order chi connectivity index (χ1) is 16.6. The lowest BCUT2D eigenvalue weighted by molar-refractivity contribution is -0.137. The van der Waals surface area contributed by atoms with Gasteiger partial charge in [-0.1, -0.05) is 41.6 Å². The highest BCUT2D eigenvalue weighted by Gasteiger charge is 2.30. The minimum Gasteiger partial charge on any atom is -0.325 e. The first-order valence-electron chi connectivity index (χ1n) is 10.6. The normalized spacial score (nSPS) is 11.2. The molecule has 0 spiro atoms. The predicted octanol–water partition coefficient (Wildman–Crippen LogP) is 5.01. The van der Waals surface area contributed by atoms with E-state index in [0.29, 0.717) is 23.2 Å². The van der Waals surface area contributed by atoms with Crippen LogP contribution in [-0.2, 0) is 28.7 Å². The summed E-state index contributed by atoms with van der Waals surface area (Å²) in [6, 6.07) is 10.1. The average Bonchev–Trinajstić information content (AvgIpc) is 3.15. The number of anilines is 2. The largest absolute Gasteiger partial charge is 0.416 e. The van der Waals surface area contributed by atoms with E-state index in [1.807, 2.05) is 32.0 Å². The van der Waals surface area contributed by atoms with Crippen LogP contribution in [0, 0.1) is 13.8 Å². The molecule has 0 saturated heterocycles. The number of rotatable bonds is 9. The molecule has 0 saturated carbocycles. The Bertz CT molecular complexity index is 1240. The molecule has 35 heavy (non-hydrogen) atoms. The van der Waals surface area contributed by atoms with Crippen LogP contribution in [-0.4, -0.2) is 32.3 Å². The third kappa shape index (κ3) is 7.19. The maximum absolute atomic E-state index is 12.9. The summed E-state index contributed by atoms with van der Waals surface area (Å²) in [7, 11) is 0. The maximum Gasteiger partial charge on any atom is 0.416 e. The lowest BCUT2D eigenvalue weighted by Gasteiger charge is -2.11. The third-order valence-corrected chi connectivity index (χ3v) is 5.85. The highest BCUT2D eigenvalue weighted by molar-refractivity contribution is 7.99. The molecule has 184 valence electrons. The van der Waals surface area contributed by atoms with Gasteiger partial charge in [0, 0.05) is 17.9 Å². The molecule has 0 bridgehead atoms. The Balaban J connectivity index is 1.63. The number of hydrogen-bond donors (Lipinski definition) is 2. The quantitative estimate of drug-likeness (QED) is 0.317. The number of aryl methyl sites for hydroxylation is 2. The van der Waals surface area contributed by atoms with Crippen molar-refractivity contribution in [3.05, 3.63) is 77.6 Å². The molecular weight excluding hydrogens is 479 g/mol. The summed E-state index contributed by atoms with van der Waals surface area (Å²) in [5.74, 6) is -0.488. The van der Waals surface area contributed by atoms with Crippen molar-refractivity contribution in [2.75, 3.05) is 16.4 Å². The van der Waals surface area contributed by atoms with Gasteiger partial charge in [0.15, 0.2) is 5.16 Å². The van der Waals surface area contributed by atoms with Crippen LogP contribution in [0.4, 0.5) is 24.5 Å². The number of benzene rings is 2. The van der Waals surface area contributed by atoms with E-state index < -0.39 is 17.6 Å². The number of aromatic nitrogens is 3. The van der Waals surface area contributed by atoms with Crippen molar-refractivity contribution in [3.8, 4) is 0 Å². The fraction of sp³-hybridized carbons (Fsp3) is 0.250. The lowest BCUT2D eigenvalue weighted by atomic mass is 10.1. The van der Waals surface area contributed by atoms with E-state index in [0.717, 1.165) is 35.0 Å². The number of nitrogens with one attached hydrogen (secondary N) is 2. The van der Waals surface area contributed by atoms with Crippen molar-refractivity contribution in [2.24, 2.45) is 0 Å². The van der Waals surface area contributed by atoms with Crippen molar-refractivity contribution in [1.29, 1.82) is 0 Å². The summed E-state index contributed by atoms with van der Waals surface area (Å²) in [5.41, 5.74) is 1.93.